The Labute approximate surface area is 219 Å². The van der Waals surface area contributed by atoms with Crippen LogP contribution in [0.5, 0.6) is 0 Å². The molecule has 0 bridgehead atoms. The van der Waals surface area contributed by atoms with Crippen molar-refractivity contribution in [3.05, 3.63) is 24.8 Å². The minimum atomic E-state index is -1.52. The quantitative estimate of drug-likeness (QED) is 0.205. The van der Waals surface area contributed by atoms with Gasteiger partial charge in [0.05, 0.1) is 13.2 Å². The number of unbranched alkanes of at least 4 members (excludes halogenated alkanes) is 1. The first-order valence-electron chi connectivity index (χ1n) is 15.5. The van der Waals surface area contributed by atoms with Crippen molar-refractivity contribution in [1.82, 2.24) is 0 Å². The van der Waals surface area contributed by atoms with Crippen molar-refractivity contribution in [1.29, 1.82) is 0 Å². The summed E-state index contributed by atoms with van der Waals surface area (Å²) in [5, 5.41) is 0. The highest BCUT2D eigenvalue weighted by atomic mass is 19.3. The van der Waals surface area contributed by atoms with Crippen molar-refractivity contribution in [3.8, 4) is 0 Å². The molecule has 1 saturated heterocycles. The highest BCUT2D eigenvalue weighted by Crippen LogP contribution is 2.40. The van der Waals surface area contributed by atoms with Crippen LogP contribution < -0.4 is 0 Å². The molecule has 0 aromatic heterocycles. The van der Waals surface area contributed by atoms with Crippen LogP contribution in [0, 0.1) is 41.4 Å². The van der Waals surface area contributed by atoms with Crippen LogP contribution in [0.3, 0.4) is 0 Å². The molecule has 0 atom stereocenters. The van der Waals surface area contributed by atoms with Gasteiger partial charge in [-0.2, -0.15) is 8.78 Å². The molecule has 3 aliphatic carbocycles. The van der Waals surface area contributed by atoms with E-state index in [1.165, 1.54) is 103 Å². The van der Waals surface area contributed by atoms with Gasteiger partial charge in [-0.15, -0.1) is 6.58 Å². The smallest absolute Gasteiger partial charge is 0.266 e. The lowest BCUT2D eigenvalue weighted by molar-refractivity contribution is -0.237. The zero-order valence-corrected chi connectivity index (χ0v) is 22.7. The first-order valence-corrected chi connectivity index (χ1v) is 15.5. The minimum absolute atomic E-state index is 0.0499. The lowest BCUT2D eigenvalue weighted by Gasteiger charge is -2.41. The van der Waals surface area contributed by atoms with Crippen LogP contribution in [0.4, 0.5) is 8.78 Å². The maximum Gasteiger partial charge on any atom is 0.266 e. The van der Waals surface area contributed by atoms with Gasteiger partial charge in [0.2, 0.25) is 0 Å². The summed E-state index contributed by atoms with van der Waals surface area (Å²) >= 11 is 0. The lowest BCUT2D eigenvalue weighted by Crippen LogP contribution is -2.41. The van der Waals surface area contributed by atoms with E-state index in [1.54, 1.807) is 0 Å². The van der Waals surface area contributed by atoms with E-state index in [0.29, 0.717) is 24.2 Å². The maximum absolute atomic E-state index is 12.2. The van der Waals surface area contributed by atoms with Crippen molar-refractivity contribution in [3.63, 3.8) is 0 Å². The second-order valence-electron chi connectivity index (χ2n) is 12.7. The maximum atomic E-state index is 12.2. The topological polar surface area (TPSA) is 18.5 Å². The van der Waals surface area contributed by atoms with E-state index in [-0.39, 0.29) is 6.29 Å². The number of rotatable bonds is 11. The summed E-state index contributed by atoms with van der Waals surface area (Å²) in [5.41, 5.74) is 0. The molecule has 4 fully saturated rings. The molecule has 3 saturated carbocycles. The number of hydrogen-bond acceptors (Lipinski definition) is 2. The van der Waals surface area contributed by atoms with Crippen LogP contribution in [0.25, 0.3) is 0 Å². The molecule has 1 aliphatic heterocycles. The Morgan fingerprint density at radius 1 is 0.639 bits per heavy atom. The number of hydrogen-bond donors (Lipinski definition) is 0. The summed E-state index contributed by atoms with van der Waals surface area (Å²) in [4.78, 5) is 0. The molecular formula is C32H52F2O2. The van der Waals surface area contributed by atoms with Crippen molar-refractivity contribution < 1.29 is 18.3 Å². The predicted molar refractivity (Wildman–Crippen MR) is 144 cm³/mol. The van der Waals surface area contributed by atoms with Crippen LogP contribution in [0.1, 0.15) is 116 Å². The van der Waals surface area contributed by atoms with Crippen molar-refractivity contribution >= 4 is 0 Å². The van der Waals surface area contributed by atoms with Gasteiger partial charge in [-0.05, 0) is 99.9 Å². The van der Waals surface area contributed by atoms with Gasteiger partial charge in [0.1, 0.15) is 0 Å². The van der Waals surface area contributed by atoms with Crippen molar-refractivity contribution in [2.24, 2.45) is 41.4 Å². The fraction of sp³-hybridized carbons (Fsp3) is 0.875. The van der Waals surface area contributed by atoms with Crippen LogP contribution in [-0.2, 0) is 9.47 Å². The summed E-state index contributed by atoms with van der Waals surface area (Å²) in [6.07, 6.45) is 24.4. The van der Waals surface area contributed by atoms with Gasteiger partial charge in [0, 0.05) is 11.8 Å². The molecule has 0 aromatic rings. The molecule has 4 rings (SSSR count). The average molecular weight is 507 g/mol. The van der Waals surface area contributed by atoms with E-state index in [0.717, 1.165) is 49.4 Å². The first kappa shape index (κ1) is 28.3. The minimum Gasteiger partial charge on any atom is -0.352 e. The Morgan fingerprint density at radius 2 is 1.14 bits per heavy atom. The van der Waals surface area contributed by atoms with Gasteiger partial charge in [0.15, 0.2) is 6.29 Å². The fourth-order valence-corrected chi connectivity index (χ4v) is 7.78. The van der Waals surface area contributed by atoms with Crippen LogP contribution in [0.2, 0.25) is 0 Å². The second kappa shape index (κ2) is 15.0. The lowest BCUT2D eigenvalue weighted by atomic mass is 9.75. The zero-order valence-electron chi connectivity index (χ0n) is 22.7. The van der Waals surface area contributed by atoms with Gasteiger partial charge in [0.25, 0.3) is 6.08 Å². The Balaban J connectivity index is 1.02. The molecule has 0 spiro atoms. The Bertz CT molecular complexity index is 643. The summed E-state index contributed by atoms with van der Waals surface area (Å²) in [6.45, 7) is 5.79. The standard InChI is InChI=1S/C32H52F2O2/c1-2-24-14-18-28(19-15-24)30-22-35-32(36-23-30)29-20-16-26(17-21-29)7-4-3-6-25-10-12-27(13-11-25)8-5-9-31(33)34/h2,9,24-30,32H,1,3-8,10-23H2. The molecule has 0 N–H and O–H groups in total. The molecule has 1 heterocycles. The third-order valence-corrected chi connectivity index (χ3v) is 10.4. The number of ether oxygens (including phenoxy) is 2. The Kier molecular flexibility index (Phi) is 11.8. The van der Waals surface area contributed by atoms with E-state index in [9.17, 15) is 8.78 Å². The highest BCUT2D eigenvalue weighted by molar-refractivity contribution is 4.87. The summed E-state index contributed by atoms with van der Waals surface area (Å²) in [7, 11) is 0. The SMILES string of the molecule is C=CC1CCC(C2COC(C3CCC(CCCCC4CCC(CCC=C(F)F)CC4)CC3)OC2)CC1. The third kappa shape index (κ3) is 8.93. The van der Waals surface area contributed by atoms with E-state index >= 15 is 0 Å². The molecule has 36 heavy (non-hydrogen) atoms. The normalized spacial score (nSPS) is 37.8. The predicted octanol–water partition coefficient (Wildman–Crippen LogP) is 9.70. The molecule has 2 nitrogen and oxygen atoms in total. The average Bonchev–Trinajstić information content (AvgIpc) is 2.92. The molecule has 0 radical (unpaired) electrons. The van der Waals surface area contributed by atoms with Gasteiger partial charge >= 0.3 is 0 Å². The van der Waals surface area contributed by atoms with E-state index in [2.05, 4.69) is 12.7 Å². The fourth-order valence-electron chi connectivity index (χ4n) is 7.78. The molecule has 206 valence electrons. The molecule has 4 aliphatic rings. The van der Waals surface area contributed by atoms with Gasteiger partial charge < -0.3 is 9.47 Å². The Hall–Kier alpha value is -0.740. The molecule has 4 heteroatoms. The van der Waals surface area contributed by atoms with Gasteiger partial charge in [-0.3, -0.25) is 0 Å². The highest BCUT2D eigenvalue weighted by Gasteiger charge is 2.35. The van der Waals surface area contributed by atoms with E-state index in [1.807, 2.05) is 0 Å². The molecule has 0 unspecified atom stereocenters. The molecular weight excluding hydrogens is 454 g/mol. The summed E-state index contributed by atoms with van der Waals surface area (Å²) < 4.78 is 37.0. The van der Waals surface area contributed by atoms with Crippen LogP contribution in [0.15, 0.2) is 24.8 Å². The van der Waals surface area contributed by atoms with Crippen LogP contribution in [-0.4, -0.2) is 19.5 Å². The van der Waals surface area contributed by atoms with E-state index < -0.39 is 6.08 Å². The van der Waals surface area contributed by atoms with Crippen LogP contribution >= 0.6 is 0 Å². The zero-order chi connectivity index (χ0) is 25.2. The second-order valence-corrected chi connectivity index (χ2v) is 12.7. The molecule has 0 amide bonds. The molecule has 0 aromatic carbocycles. The monoisotopic (exact) mass is 506 g/mol. The third-order valence-electron chi connectivity index (χ3n) is 10.4. The van der Waals surface area contributed by atoms with Crippen molar-refractivity contribution in [2.75, 3.05) is 13.2 Å². The van der Waals surface area contributed by atoms with E-state index in [4.69, 9.17) is 9.47 Å². The Morgan fingerprint density at radius 3 is 1.67 bits per heavy atom. The summed E-state index contributed by atoms with van der Waals surface area (Å²) in [5.74, 6) is 5.17. The largest absolute Gasteiger partial charge is 0.352 e. The number of halogens is 2. The van der Waals surface area contributed by atoms with Gasteiger partial charge in [-0.25, -0.2) is 0 Å². The van der Waals surface area contributed by atoms with Crippen molar-refractivity contribution in [2.45, 2.75) is 122 Å². The first-order chi connectivity index (χ1) is 17.6. The number of allylic oxidation sites excluding steroid dienone is 2. The van der Waals surface area contributed by atoms with Gasteiger partial charge in [-0.1, -0.05) is 57.4 Å². The summed E-state index contributed by atoms with van der Waals surface area (Å²) in [6, 6.07) is 0.